The molecule has 2 aromatic rings. The van der Waals surface area contributed by atoms with Crippen LogP contribution in [0.15, 0.2) is 42.6 Å². The molecule has 0 amide bonds. The molecular formula is C19H20F2N2OS. The fourth-order valence-corrected chi connectivity index (χ4v) is 5.20. The lowest BCUT2D eigenvalue weighted by Gasteiger charge is -2.47. The monoisotopic (exact) mass is 362 g/mol. The van der Waals surface area contributed by atoms with Crippen LogP contribution in [0.1, 0.15) is 17.7 Å². The van der Waals surface area contributed by atoms with Crippen molar-refractivity contribution in [3.8, 4) is 0 Å². The van der Waals surface area contributed by atoms with E-state index in [9.17, 15) is 8.78 Å². The molecule has 0 bridgehead atoms. The van der Waals surface area contributed by atoms with E-state index in [0.717, 1.165) is 36.5 Å². The van der Waals surface area contributed by atoms with Crippen molar-refractivity contribution in [1.82, 2.24) is 9.88 Å². The molecule has 132 valence electrons. The number of hydrogen-bond donors (Lipinski definition) is 0. The van der Waals surface area contributed by atoms with E-state index >= 15 is 0 Å². The van der Waals surface area contributed by atoms with Crippen LogP contribution < -0.4 is 0 Å². The van der Waals surface area contributed by atoms with Crippen molar-refractivity contribution in [1.29, 1.82) is 0 Å². The Labute approximate surface area is 150 Å². The van der Waals surface area contributed by atoms with Gasteiger partial charge in [0.1, 0.15) is 0 Å². The van der Waals surface area contributed by atoms with Gasteiger partial charge in [0.05, 0.1) is 18.4 Å². The summed E-state index contributed by atoms with van der Waals surface area (Å²) in [6, 6.07) is 10.0. The second-order valence-corrected chi connectivity index (χ2v) is 8.33. The van der Waals surface area contributed by atoms with Crippen LogP contribution in [0.5, 0.6) is 0 Å². The summed E-state index contributed by atoms with van der Waals surface area (Å²) >= 11 is 1.97. The fourth-order valence-electron chi connectivity index (χ4n) is 3.59. The first kappa shape index (κ1) is 16.9. The maximum absolute atomic E-state index is 13.3. The van der Waals surface area contributed by atoms with Crippen molar-refractivity contribution >= 4 is 11.8 Å². The second-order valence-electron chi connectivity index (χ2n) is 6.85. The molecular weight excluding hydrogens is 342 g/mol. The third-order valence-corrected chi connectivity index (χ3v) is 6.36. The van der Waals surface area contributed by atoms with Gasteiger partial charge in [0, 0.05) is 36.3 Å². The standard InChI is InChI=1S/C19H20F2N2OS/c20-17-5-4-14(7-18(17)21)9-23-12-19(13-23)8-16(11-25-19)24-10-15-3-1-2-6-22-15/h1-7,16H,8-13H2/t16-/m0/s1. The molecule has 4 rings (SSSR count). The molecule has 0 unspecified atom stereocenters. The first-order valence-corrected chi connectivity index (χ1v) is 9.42. The minimum absolute atomic E-state index is 0.257. The summed E-state index contributed by atoms with van der Waals surface area (Å²) < 4.78 is 32.6. The number of aromatic nitrogens is 1. The zero-order chi connectivity index (χ0) is 17.3. The van der Waals surface area contributed by atoms with E-state index in [0.29, 0.717) is 13.2 Å². The van der Waals surface area contributed by atoms with Gasteiger partial charge in [-0.2, -0.15) is 0 Å². The fraction of sp³-hybridized carbons (Fsp3) is 0.421. The van der Waals surface area contributed by atoms with Crippen molar-refractivity contribution in [3.63, 3.8) is 0 Å². The Morgan fingerprint density at radius 2 is 2.08 bits per heavy atom. The highest BCUT2D eigenvalue weighted by molar-refractivity contribution is 8.01. The number of ether oxygens (including phenoxy) is 1. The minimum atomic E-state index is -0.789. The molecule has 2 fully saturated rings. The average molecular weight is 362 g/mol. The Bertz CT molecular complexity index is 737. The Balaban J connectivity index is 1.25. The Kier molecular flexibility index (Phi) is 4.75. The van der Waals surface area contributed by atoms with E-state index in [-0.39, 0.29) is 10.9 Å². The molecule has 3 nitrogen and oxygen atoms in total. The smallest absolute Gasteiger partial charge is 0.159 e. The first-order valence-electron chi connectivity index (χ1n) is 8.44. The summed E-state index contributed by atoms with van der Waals surface area (Å²) in [5, 5.41) is 0. The van der Waals surface area contributed by atoms with E-state index in [2.05, 4.69) is 9.88 Å². The van der Waals surface area contributed by atoms with Gasteiger partial charge in [0.25, 0.3) is 0 Å². The minimum Gasteiger partial charge on any atom is -0.371 e. The van der Waals surface area contributed by atoms with E-state index < -0.39 is 11.6 Å². The maximum Gasteiger partial charge on any atom is 0.159 e. The zero-order valence-electron chi connectivity index (χ0n) is 13.8. The lowest BCUT2D eigenvalue weighted by Crippen LogP contribution is -2.58. The highest BCUT2D eigenvalue weighted by Crippen LogP contribution is 2.46. The molecule has 1 spiro atoms. The first-order chi connectivity index (χ1) is 12.1. The van der Waals surface area contributed by atoms with Gasteiger partial charge >= 0.3 is 0 Å². The van der Waals surface area contributed by atoms with Crippen LogP contribution in [0.25, 0.3) is 0 Å². The van der Waals surface area contributed by atoms with Gasteiger partial charge in [-0.1, -0.05) is 12.1 Å². The highest BCUT2D eigenvalue weighted by Gasteiger charge is 2.49. The summed E-state index contributed by atoms with van der Waals surface area (Å²) in [5.74, 6) is -0.555. The molecule has 2 aliphatic heterocycles. The molecule has 1 aromatic heterocycles. The Morgan fingerprint density at radius 1 is 1.20 bits per heavy atom. The number of rotatable bonds is 5. The van der Waals surface area contributed by atoms with E-state index in [1.165, 1.54) is 12.1 Å². The topological polar surface area (TPSA) is 25.4 Å². The van der Waals surface area contributed by atoms with Gasteiger partial charge < -0.3 is 4.74 Å². The van der Waals surface area contributed by atoms with Crippen molar-refractivity contribution in [2.24, 2.45) is 0 Å². The summed E-state index contributed by atoms with van der Waals surface area (Å²) in [4.78, 5) is 6.56. The summed E-state index contributed by atoms with van der Waals surface area (Å²) in [5.41, 5.74) is 1.78. The second kappa shape index (κ2) is 7.02. The molecule has 0 aliphatic carbocycles. The number of pyridine rings is 1. The van der Waals surface area contributed by atoms with Gasteiger partial charge in [-0.3, -0.25) is 9.88 Å². The van der Waals surface area contributed by atoms with E-state index in [4.69, 9.17) is 4.74 Å². The largest absolute Gasteiger partial charge is 0.371 e. The number of halogens is 2. The van der Waals surface area contributed by atoms with Crippen molar-refractivity contribution in [2.75, 3.05) is 18.8 Å². The summed E-state index contributed by atoms with van der Waals surface area (Å²) in [6.45, 7) is 3.17. The number of nitrogens with zero attached hydrogens (tertiary/aromatic N) is 2. The van der Waals surface area contributed by atoms with Gasteiger partial charge in [-0.05, 0) is 36.2 Å². The number of benzene rings is 1. The van der Waals surface area contributed by atoms with Crippen LogP contribution in [0.2, 0.25) is 0 Å². The summed E-state index contributed by atoms with van der Waals surface area (Å²) in [7, 11) is 0. The SMILES string of the molecule is Fc1ccc(CN2CC3(C[C@H](OCc4ccccn4)CS3)C2)cc1F. The number of hydrogen-bond acceptors (Lipinski definition) is 4. The quantitative estimate of drug-likeness (QED) is 0.811. The maximum atomic E-state index is 13.3. The molecule has 0 saturated carbocycles. The van der Waals surface area contributed by atoms with Crippen LogP contribution in [-0.4, -0.2) is 39.6 Å². The van der Waals surface area contributed by atoms with Crippen LogP contribution >= 0.6 is 11.8 Å². The van der Waals surface area contributed by atoms with Crippen LogP contribution in [-0.2, 0) is 17.9 Å². The third-order valence-electron chi connectivity index (χ3n) is 4.78. The highest BCUT2D eigenvalue weighted by atomic mass is 32.2. The third kappa shape index (κ3) is 3.86. The molecule has 6 heteroatoms. The molecule has 3 heterocycles. The molecule has 25 heavy (non-hydrogen) atoms. The van der Waals surface area contributed by atoms with Crippen LogP contribution in [0, 0.1) is 11.6 Å². The number of likely N-dealkylation sites (tertiary alicyclic amines) is 1. The molecule has 1 aromatic carbocycles. The predicted molar refractivity (Wildman–Crippen MR) is 94.3 cm³/mol. The Hall–Kier alpha value is -1.50. The zero-order valence-corrected chi connectivity index (χ0v) is 14.6. The molecule has 1 atom stereocenters. The van der Waals surface area contributed by atoms with Crippen LogP contribution in [0.4, 0.5) is 8.78 Å². The van der Waals surface area contributed by atoms with Gasteiger partial charge in [-0.15, -0.1) is 11.8 Å². The molecule has 2 saturated heterocycles. The van der Waals surface area contributed by atoms with Crippen molar-refractivity contribution in [3.05, 3.63) is 65.5 Å². The van der Waals surface area contributed by atoms with Gasteiger partial charge in [-0.25, -0.2) is 8.78 Å². The molecule has 2 aliphatic rings. The van der Waals surface area contributed by atoms with E-state index in [1.54, 1.807) is 12.3 Å². The van der Waals surface area contributed by atoms with E-state index in [1.807, 2.05) is 30.0 Å². The normalized spacial score (nSPS) is 22.2. The van der Waals surface area contributed by atoms with Crippen molar-refractivity contribution in [2.45, 2.75) is 30.4 Å². The Morgan fingerprint density at radius 3 is 2.84 bits per heavy atom. The van der Waals surface area contributed by atoms with Crippen LogP contribution in [0.3, 0.4) is 0 Å². The van der Waals surface area contributed by atoms with Gasteiger partial charge in [0.2, 0.25) is 0 Å². The molecule has 0 radical (unpaired) electrons. The predicted octanol–water partition coefficient (Wildman–Crippen LogP) is 3.64. The summed E-state index contributed by atoms with van der Waals surface area (Å²) in [6.07, 6.45) is 3.09. The van der Waals surface area contributed by atoms with Crippen molar-refractivity contribution < 1.29 is 13.5 Å². The average Bonchev–Trinajstić information content (AvgIpc) is 3.01. The lowest BCUT2D eigenvalue weighted by atomic mass is 9.92. The van der Waals surface area contributed by atoms with Gasteiger partial charge in [0.15, 0.2) is 11.6 Å². The lowest BCUT2D eigenvalue weighted by molar-refractivity contribution is 0.0251. The number of thioether (sulfide) groups is 1. The molecule has 0 N–H and O–H groups in total.